The molecule has 1 aromatic carbocycles. The molecule has 11 nitrogen and oxygen atoms in total. The van der Waals surface area contributed by atoms with Gasteiger partial charge in [-0.25, -0.2) is 19.3 Å². The number of carbonyl (C=O) groups excluding carboxylic acids is 1. The van der Waals surface area contributed by atoms with Crippen LogP contribution in [-0.2, 0) is 4.79 Å². The number of benzene rings is 1. The number of anilines is 1. The van der Waals surface area contributed by atoms with Gasteiger partial charge in [0.25, 0.3) is 0 Å². The highest BCUT2D eigenvalue weighted by Gasteiger charge is 2.18. The van der Waals surface area contributed by atoms with E-state index in [4.69, 9.17) is 9.72 Å². The second-order valence-corrected chi connectivity index (χ2v) is 10.00. The minimum atomic E-state index is -0.403. The predicted octanol–water partition coefficient (Wildman–Crippen LogP) is 5.05. The molecule has 0 saturated heterocycles. The van der Waals surface area contributed by atoms with Gasteiger partial charge >= 0.3 is 0 Å². The van der Waals surface area contributed by atoms with E-state index < -0.39 is 5.82 Å². The number of amides is 1. The number of pyridine rings is 3. The number of ether oxygens (including phenoxy) is 1. The van der Waals surface area contributed by atoms with Gasteiger partial charge in [-0.15, -0.1) is 0 Å². The number of imidazole rings is 1. The molecule has 0 aliphatic carbocycles. The number of aromatic amines is 2. The molecule has 0 atom stereocenters. The van der Waals surface area contributed by atoms with Crippen LogP contribution in [0, 0.1) is 5.82 Å². The number of hydrogen-bond donors (Lipinski definition) is 3. The highest BCUT2D eigenvalue weighted by atomic mass is 19.1. The third kappa shape index (κ3) is 5.52. The van der Waals surface area contributed by atoms with Crippen LogP contribution in [0.4, 0.5) is 10.1 Å². The average molecular weight is 566 g/mol. The molecule has 1 amide bonds. The van der Waals surface area contributed by atoms with Crippen molar-refractivity contribution >= 4 is 33.8 Å². The van der Waals surface area contributed by atoms with Crippen molar-refractivity contribution in [2.24, 2.45) is 0 Å². The lowest BCUT2D eigenvalue weighted by Crippen LogP contribution is -2.19. The van der Waals surface area contributed by atoms with Crippen LogP contribution >= 0.6 is 0 Å². The van der Waals surface area contributed by atoms with Gasteiger partial charge in [-0.05, 0) is 56.1 Å². The first-order valence-corrected chi connectivity index (χ1v) is 13.4. The Balaban J connectivity index is 1.36. The van der Waals surface area contributed by atoms with Gasteiger partial charge in [0.05, 0.1) is 28.6 Å². The van der Waals surface area contributed by atoms with Gasteiger partial charge in [-0.2, -0.15) is 5.10 Å². The molecule has 3 N–H and O–H groups in total. The van der Waals surface area contributed by atoms with Crippen molar-refractivity contribution in [3.8, 4) is 39.7 Å². The van der Waals surface area contributed by atoms with Crippen molar-refractivity contribution in [3.05, 3.63) is 66.9 Å². The zero-order chi connectivity index (χ0) is 29.2. The van der Waals surface area contributed by atoms with E-state index in [-0.39, 0.29) is 5.91 Å². The lowest BCUT2D eigenvalue weighted by atomic mass is 10.1. The maximum atomic E-state index is 14.6. The Morgan fingerprint density at radius 2 is 1.95 bits per heavy atom. The topological polar surface area (TPSA) is 138 Å². The van der Waals surface area contributed by atoms with E-state index in [1.165, 1.54) is 12.1 Å². The van der Waals surface area contributed by atoms with Crippen LogP contribution in [0.15, 0.2) is 61.1 Å². The highest BCUT2D eigenvalue weighted by molar-refractivity contribution is 5.95. The second kappa shape index (κ2) is 11.3. The summed E-state index contributed by atoms with van der Waals surface area (Å²) in [5, 5.41) is 10.3. The third-order valence-electron chi connectivity index (χ3n) is 6.65. The first kappa shape index (κ1) is 27.0. The van der Waals surface area contributed by atoms with Crippen LogP contribution in [0.25, 0.3) is 56.1 Å². The van der Waals surface area contributed by atoms with Crippen molar-refractivity contribution < 1.29 is 13.9 Å². The fourth-order valence-electron chi connectivity index (χ4n) is 4.53. The van der Waals surface area contributed by atoms with Gasteiger partial charge < -0.3 is 19.9 Å². The summed E-state index contributed by atoms with van der Waals surface area (Å²) in [6, 6.07) is 12.0. The van der Waals surface area contributed by atoms with Crippen molar-refractivity contribution in [3.63, 3.8) is 0 Å². The molecule has 0 fully saturated rings. The average Bonchev–Trinajstić information content (AvgIpc) is 3.60. The number of aromatic nitrogens is 7. The smallest absolute Gasteiger partial charge is 0.224 e. The van der Waals surface area contributed by atoms with E-state index in [0.29, 0.717) is 70.5 Å². The number of nitrogens with one attached hydrogen (secondary N) is 3. The zero-order valence-electron chi connectivity index (χ0n) is 23.3. The predicted molar refractivity (Wildman–Crippen MR) is 158 cm³/mol. The van der Waals surface area contributed by atoms with Gasteiger partial charge in [0.15, 0.2) is 17.2 Å². The molecule has 6 aromatic rings. The maximum Gasteiger partial charge on any atom is 0.224 e. The molecule has 5 heterocycles. The SMILES string of the molecule is CCC(=O)Nc1cncc(-c2ccc3[nH]nc(-c4nc5nccc(-c6cc(F)cc(OCCN(C)C)c6)c5[nH]4)c3n2)c1. The van der Waals surface area contributed by atoms with Crippen LogP contribution in [0.3, 0.4) is 0 Å². The van der Waals surface area contributed by atoms with E-state index >= 15 is 0 Å². The molecule has 0 bridgehead atoms. The summed E-state index contributed by atoms with van der Waals surface area (Å²) in [4.78, 5) is 35.4. The summed E-state index contributed by atoms with van der Waals surface area (Å²) in [5.41, 5.74) is 6.25. The number of nitrogens with zero attached hydrogens (tertiary/aromatic N) is 6. The Kier molecular flexibility index (Phi) is 7.28. The van der Waals surface area contributed by atoms with E-state index in [1.807, 2.05) is 37.2 Å². The number of carbonyl (C=O) groups is 1. The molecule has 6 rings (SSSR count). The van der Waals surface area contributed by atoms with Gasteiger partial charge in [0.1, 0.15) is 23.7 Å². The fourth-order valence-corrected chi connectivity index (χ4v) is 4.53. The van der Waals surface area contributed by atoms with Crippen molar-refractivity contribution in [2.45, 2.75) is 13.3 Å². The number of rotatable bonds is 9. The summed E-state index contributed by atoms with van der Waals surface area (Å²) in [6.45, 7) is 2.93. The van der Waals surface area contributed by atoms with Crippen LogP contribution in [0.2, 0.25) is 0 Å². The Hall–Kier alpha value is -5.23. The van der Waals surface area contributed by atoms with Gasteiger partial charge in [0, 0.05) is 42.6 Å². The molecule has 212 valence electrons. The number of halogens is 1. The van der Waals surface area contributed by atoms with Crippen molar-refractivity contribution in [1.82, 2.24) is 40.0 Å². The summed E-state index contributed by atoms with van der Waals surface area (Å²) in [5.74, 6) is 0.403. The quantitative estimate of drug-likeness (QED) is 0.221. The van der Waals surface area contributed by atoms with Crippen LogP contribution in [0.5, 0.6) is 5.75 Å². The Bertz CT molecular complexity index is 1910. The number of fused-ring (bicyclic) bond motifs is 2. The fraction of sp³-hybridized carbons (Fsp3) is 0.200. The molecule has 0 aliphatic heterocycles. The Morgan fingerprint density at radius 3 is 2.79 bits per heavy atom. The summed E-state index contributed by atoms with van der Waals surface area (Å²) >= 11 is 0. The van der Waals surface area contributed by atoms with Gasteiger partial charge in [-0.3, -0.25) is 14.9 Å². The number of hydrogen-bond acceptors (Lipinski definition) is 8. The standard InChI is InChI=1S/C30H28FN9O2/c1-4-25(41)34-20-12-18(15-32-16-20)23-5-6-24-27(35-23)28(39-38-24)30-36-26-22(7-8-33-29(26)37-30)17-11-19(31)14-21(13-17)42-10-9-40(2)3/h5-8,11-16H,4,9-10H2,1-3H3,(H,34,41)(H,38,39)(H,33,36,37). The molecule has 42 heavy (non-hydrogen) atoms. The Labute approximate surface area is 240 Å². The van der Waals surface area contributed by atoms with Crippen molar-refractivity contribution in [2.75, 3.05) is 32.6 Å². The molecule has 0 spiro atoms. The van der Waals surface area contributed by atoms with E-state index in [2.05, 4.69) is 35.5 Å². The monoisotopic (exact) mass is 565 g/mol. The van der Waals surface area contributed by atoms with Crippen LogP contribution in [0.1, 0.15) is 13.3 Å². The minimum Gasteiger partial charge on any atom is -0.492 e. The third-order valence-corrected chi connectivity index (χ3v) is 6.65. The van der Waals surface area contributed by atoms with Crippen molar-refractivity contribution in [1.29, 1.82) is 0 Å². The van der Waals surface area contributed by atoms with E-state index in [9.17, 15) is 9.18 Å². The molecular formula is C30H28FN9O2. The van der Waals surface area contributed by atoms with E-state index in [0.717, 1.165) is 16.6 Å². The van der Waals surface area contributed by atoms with Crippen LogP contribution < -0.4 is 10.1 Å². The molecule has 0 radical (unpaired) electrons. The lowest BCUT2D eigenvalue weighted by molar-refractivity contribution is -0.115. The normalized spacial score (nSPS) is 11.5. The molecule has 0 unspecified atom stereocenters. The molecule has 5 aromatic heterocycles. The summed E-state index contributed by atoms with van der Waals surface area (Å²) in [6.07, 6.45) is 5.28. The highest BCUT2D eigenvalue weighted by Crippen LogP contribution is 2.33. The largest absolute Gasteiger partial charge is 0.492 e. The number of H-pyrrole nitrogens is 2. The molecule has 0 aliphatic rings. The lowest BCUT2D eigenvalue weighted by Gasteiger charge is -2.12. The van der Waals surface area contributed by atoms with Crippen LogP contribution in [-0.4, -0.2) is 73.2 Å². The maximum absolute atomic E-state index is 14.6. The second-order valence-electron chi connectivity index (χ2n) is 10.00. The Morgan fingerprint density at radius 1 is 1.07 bits per heavy atom. The first-order valence-electron chi connectivity index (χ1n) is 13.4. The first-order chi connectivity index (χ1) is 20.4. The minimum absolute atomic E-state index is 0.0985. The summed E-state index contributed by atoms with van der Waals surface area (Å²) < 4.78 is 20.4. The number of likely N-dealkylation sites (N-methyl/N-ethyl adjacent to an activating group) is 1. The molecule has 0 saturated carbocycles. The zero-order valence-corrected chi connectivity index (χ0v) is 23.3. The summed E-state index contributed by atoms with van der Waals surface area (Å²) in [7, 11) is 3.90. The molecular weight excluding hydrogens is 537 g/mol. The van der Waals surface area contributed by atoms with Gasteiger partial charge in [0.2, 0.25) is 5.91 Å². The van der Waals surface area contributed by atoms with E-state index in [1.54, 1.807) is 37.6 Å². The molecule has 12 heteroatoms. The van der Waals surface area contributed by atoms with Gasteiger partial charge in [-0.1, -0.05) is 6.92 Å².